The van der Waals surface area contributed by atoms with Crippen LogP contribution >= 0.6 is 0 Å². The van der Waals surface area contributed by atoms with E-state index < -0.39 is 10.0 Å². The van der Waals surface area contributed by atoms with Gasteiger partial charge in [-0.1, -0.05) is 30.3 Å². The van der Waals surface area contributed by atoms with Crippen molar-refractivity contribution in [3.05, 3.63) is 35.9 Å². The van der Waals surface area contributed by atoms with Crippen LogP contribution in [0.5, 0.6) is 0 Å². The molecule has 2 atom stereocenters. The van der Waals surface area contributed by atoms with Crippen molar-refractivity contribution in [3.8, 4) is 0 Å². The number of benzene rings is 1. The summed E-state index contributed by atoms with van der Waals surface area (Å²) in [5.74, 6) is 0.450. The molecule has 0 amide bonds. The van der Waals surface area contributed by atoms with Crippen LogP contribution in [0.25, 0.3) is 0 Å². The molecule has 0 aromatic heterocycles. The smallest absolute Gasteiger partial charge is 0.212 e. The Bertz CT molecular complexity index is 481. The second-order valence-electron chi connectivity index (χ2n) is 5.24. The lowest BCUT2D eigenvalue weighted by Gasteiger charge is -2.23. The molecular formula is C14H22N2O2S. The van der Waals surface area contributed by atoms with Crippen molar-refractivity contribution in [1.29, 1.82) is 0 Å². The summed E-state index contributed by atoms with van der Waals surface area (Å²) >= 11 is 0. The molecule has 1 fully saturated rings. The summed E-state index contributed by atoms with van der Waals surface area (Å²) in [6, 6.07) is 9.47. The molecule has 106 valence electrons. The summed E-state index contributed by atoms with van der Waals surface area (Å²) in [4.78, 5) is 0. The van der Waals surface area contributed by atoms with Gasteiger partial charge in [0.25, 0.3) is 0 Å². The van der Waals surface area contributed by atoms with E-state index in [0.29, 0.717) is 0 Å². The fourth-order valence-electron chi connectivity index (χ4n) is 2.50. The molecule has 0 aliphatic carbocycles. The standard InChI is InChI=1S/C14H22N2O2S/c1-12(14-7-3-2-4-8-14)16-19(17,18)11-13-6-5-9-15-10-13/h2-4,7-8,12-13,15-16H,5-6,9-11H2,1H3. The van der Waals surface area contributed by atoms with Crippen LogP contribution in [0.3, 0.4) is 0 Å². The van der Waals surface area contributed by atoms with E-state index in [4.69, 9.17) is 0 Å². The average molecular weight is 282 g/mol. The summed E-state index contributed by atoms with van der Waals surface area (Å²) in [5.41, 5.74) is 0.993. The number of piperidine rings is 1. The average Bonchev–Trinajstić information content (AvgIpc) is 2.39. The largest absolute Gasteiger partial charge is 0.316 e. The third kappa shape index (κ3) is 4.60. The minimum Gasteiger partial charge on any atom is -0.316 e. The fourth-order valence-corrected chi connectivity index (χ4v) is 4.18. The maximum absolute atomic E-state index is 12.1. The van der Waals surface area contributed by atoms with E-state index in [0.717, 1.165) is 31.5 Å². The van der Waals surface area contributed by atoms with Crippen LogP contribution in [-0.4, -0.2) is 27.3 Å². The molecule has 0 bridgehead atoms. The number of nitrogens with one attached hydrogen (secondary N) is 2. The molecule has 19 heavy (non-hydrogen) atoms. The minimum absolute atomic E-state index is 0.178. The normalized spacial score (nSPS) is 22.1. The molecule has 0 spiro atoms. The second-order valence-corrected chi connectivity index (χ2v) is 7.04. The Morgan fingerprint density at radius 1 is 1.37 bits per heavy atom. The first-order valence-electron chi connectivity index (χ1n) is 6.82. The molecule has 1 aromatic rings. The fraction of sp³-hybridized carbons (Fsp3) is 0.571. The quantitative estimate of drug-likeness (QED) is 0.863. The maximum atomic E-state index is 12.1. The summed E-state index contributed by atoms with van der Waals surface area (Å²) in [5, 5.41) is 3.25. The van der Waals surface area contributed by atoms with Crippen molar-refractivity contribution in [2.45, 2.75) is 25.8 Å². The maximum Gasteiger partial charge on any atom is 0.212 e. The van der Waals surface area contributed by atoms with Crippen LogP contribution in [0.4, 0.5) is 0 Å². The molecule has 2 rings (SSSR count). The minimum atomic E-state index is -3.22. The molecule has 1 aromatic carbocycles. The first kappa shape index (κ1) is 14.5. The Hall–Kier alpha value is -0.910. The Labute approximate surface area is 115 Å². The van der Waals surface area contributed by atoms with Gasteiger partial charge in [0.15, 0.2) is 0 Å². The van der Waals surface area contributed by atoms with Gasteiger partial charge in [0, 0.05) is 6.04 Å². The van der Waals surface area contributed by atoms with Crippen molar-refractivity contribution in [2.75, 3.05) is 18.8 Å². The van der Waals surface area contributed by atoms with Crippen molar-refractivity contribution >= 4 is 10.0 Å². The van der Waals surface area contributed by atoms with Gasteiger partial charge in [-0.05, 0) is 44.3 Å². The van der Waals surface area contributed by atoms with E-state index in [2.05, 4.69) is 10.0 Å². The van der Waals surface area contributed by atoms with Gasteiger partial charge in [-0.2, -0.15) is 0 Å². The summed E-state index contributed by atoms with van der Waals surface area (Å²) in [6.07, 6.45) is 2.06. The van der Waals surface area contributed by atoms with E-state index in [9.17, 15) is 8.42 Å². The van der Waals surface area contributed by atoms with Gasteiger partial charge >= 0.3 is 0 Å². The van der Waals surface area contributed by atoms with Crippen LogP contribution in [0, 0.1) is 5.92 Å². The lowest BCUT2D eigenvalue weighted by molar-refractivity contribution is 0.402. The summed E-state index contributed by atoms with van der Waals surface area (Å²) in [7, 11) is -3.22. The van der Waals surface area contributed by atoms with Crippen LogP contribution < -0.4 is 10.0 Å². The van der Waals surface area contributed by atoms with Gasteiger partial charge < -0.3 is 5.32 Å². The van der Waals surface area contributed by atoms with Crippen LogP contribution in [0.15, 0.2) is 30.3 Å². The van der Waals surface area contributed by atoms with Crippen molar-refractivity contribution < 1.29 is 8.42 Å². The Morgan fingerprint density at radius 2 is 2.11 bits per heavy atom. The number of hydrogen-bond donors (Lipinski definition) is 2. The van der Waals surface area contributed by atoms with Crippen LogP contribution in [-0.2, 0) is 10.0 Å². The zero-order chi connectivity index (χ0) is 13.7. The molecule has 2 N–H and O–H groups in total. The first-order valence-corrected chi connectivity index (χ1v) is 8.48. The first-order chi connectivity index (χ1) is 9.07. The van der Waals surface area contributed by atoms with Crippen molar-refractivity contribution in [2.24, 2.45) is 5.92 Å². The van der Waals surface area contributed by atoms with E-state index in [1.54, 1.807) is 0 Å². The molecule has 2 unspecified atom stereocenters. The van der Waals surface area contributed by atoms with Gasteiger partial charge in [0.05, 0.1) is 5.75 Å². The van der Waals surface area contributed by atoms with Gasteiger partial charge in [0.1, 0.15) is 0 Å². The Balaban J connectivity index is 1.93. The lowest BCUT2D eigenvalue weighted by atomic mass is 10.0. The molecule has 0 saturated carbocycles. The lowest BCUT2D eigenvalue weighted by Crippen LogP contribution is -2.38. The molecule has 5 heteroatoms. The highest BCUT2D eigenvalue weighted by atomic mass is 32.2. The Morgan fingerprint density at radius 3 is 2.74 bits per heavy atom. The van der Waals surface area contributed by atoms with Gasteiger partial charge in [-0.15, -0.1) is 0 Å². The molecule has 1 saturated heterocycles. The van der Waals surface area contributed by atoms with Gasteiger partial charge in [-0.25, -0.2) is 13.1 Å². The monoisotopic (exact) mass is 282 g/mol. The van der Waals surface area contributed by atoms with Crippen molar-refractivity contribution in [1.82, 2.24) is 10.0 Å². The molecule has 1 aliphatic rings. The highest BCUT2D eigenvalue weighted by Gasteiger charge is 2.22. The number of rotatable bonds is 5. The predicted octanol–water partition coefficient (Wildman–Crippen LogP) is 1.67. The van der Waals surface area contributed by atoms with E-state index in [-0.39, 0.29) is 17.7 Å². The zero-order valence-corrected chi connectivity index (χ0v) is 12.1. The third-order valence-corrected chi connectivity index (χ3v) is 5.13. The van der Waals surface area contributed by atoms with Gasteiger partial charge in [0.2, 0.25) is 10.0 Å². The molecular weight excluding hydrogens is 260 g/mol. The predicted molar refractivity (Wildman–Crippen MR) is 77.4 cm³/mol. The van der Waals surface area contributed by atoms with Crippen molar-refractivity contribution in [3.63, 3.8) is 0 Å². The molecule has 1 aliphatic heterocycles. The highest BCUT2D eigenvalue weighted by molar-refractivity contribution is 7.89. The SMILES string of the molecule is CC(NS(=O)(=O)CC1CCCNC1)c1ccccc1. The Kier molecular flexibility index (Phi) is 4.96. The van der Waals surface area contributed by atoms with Crippen LogP contribution in [0.2, 0.25) is 0 Å². The van der Waals surface area contributed by atoms with E-state index >= 15 is 0 Å². The summed E-state index contributed by atoms with van der Waals surface area (Å²) < 4.78 is 27.1. The van der Waals surface area contributed by atoms with Crippen LogP contribution in [0.1, 0.15) is 31.4 Å². The molecule has 0 radical (unpaired) electrons. The molecule has 1 heterocycles. The van der Waals surface area contributed by atoms with E-state index in [1.165, 1.54) is 0 Å². The second kappa shape index (κ2) is 6.50. The molecule has 4 nitrogen and oxygen atoms in total. The topological polar surface area (TPSA) is 58.2 Å². The van der Waals surface area contributed by atoms with E-state index in [1.807, 2.05) is 37.3 Å². The zero-order valence-electron chi connectivity index (χ0n) is 11.3. The van der Waals surface area contributed by atoms with Gasteiger partial charge in [-0.3, -0.25) is 0 Å². The highest BCUT2D eigenvalue weighted by Crippen LogP contribution is 2.16. The number of sulfonamides is 1. The summed E-state index contributed by atoms with van der Waals surface area (Å²) in [6.45, 7) is 3.69. The third-order valence-electron chi connectivity index (χ3n) is 3.51. The number of hydrogen-bond acceptors (Lipinski definition) is 3.